The molecule has 76 valence electrons. The molecule has 0 bridgehead atoms. The van der Waals surface area contributed by atoms with Crippen LogP contribution in [0.3, 0.4) is 0 Å². The summed E-state index contributed by atoms with van der Waals surface area (Å²) >= 11 is 0. The monoisotopic (exact) mass is 190 g/mol. The molecule has 1 heteroatoms. The van der Waals surface area contributed by atoms with Crippen molar-refractivity contribution >= 4 is 0 Å². The fraction of sp³-hybridized carbons (Fsp3) is 0.538. The van der Waals surface area contributed by atoms with Crippen molar-refractivity contribution < 1.29 is 4.42 Å². The lowest BCUT2D eigenvalue weighted by Crippen LogP contribution is -2.04. The number of allylic oxidation sites excluding steroid dienone is 2. The summed E-state index contributed by atoms with van der Waals surface area (Å²) < 4.78 is 5.36. The highest BCUT2D eigenvalue weighted by Crippen LogP contribution is 2.27. The van der Waals surface area contributed by atoms with Gasteiger partial charge in [0.2, 0.25) is 0 Å². The van der Waals surface area contributed by atoms with E-state index in [-0.39, 0.29) is 0 Å². The van der Waals surface area contributed by atoms with E-state index in [4.69, 9.17) is 4.42 Å². The number of hydrogen-bond acceptors (Lipinski definition) is 1. The highest BCUT2D eigenvalue weighted by molar-refractivity contribution is 5.15. The molecule has 0 radical (unpaired) electrons. The van der Waals surface area contributed by atoms with E-state index in [1.54, 1.807) is 11.8 Å². The standard InChI is InChI=1S/C13H18O/c1-2-11-5-3-6-12(9-11)10-13-7-4-8-14-13/h4,7-9,11H,2-3,5-6,10H2,1H3. The van der Waals surface area contributed by atoms with Crippen LogP contribution in [0.15, 0.2) is 34.5 Å². The Labute approximate surface area is 85.8 Å². The number of hydrogen-bond donors (Lipinski definition) is 0. The Morgan fingerprint density at radius 2 is 2.43 bits per heavy atom. The molecule has 0 aromatic carbocycles. The van der Waals surface area contributed by atoms with Gasteiger partial charge in [0.25, 0.3) is 0 Å². The highest BCUT2D eigenvalue weighted by Gasteiger charge is 2.12. The zero-order valence-corrected chi connectivity index (χ0v) is 8.83. The van der Waals surface area contributed by atoms with E-state index in [9.17, 15) is 0 Å². The molecule has 1 aliphatic carbocycles. The second kappa shape index (κ2) is 4.50. The predicted octanol–water partition coefficient (Wildman–Crippen LogP) is 3.96. The molecule has 0 saturated heterocycles. The van der Waals surface area contributed by atoms with Crippen LogP contribution in [-0.4, -0.2) is 0 Å². The van der Waals surface area contributed by atoms with Gasteiger partial charge in [0.1, 0.15) is 5.76 Å². The molecule has 0 saturated carbocycles. The topological polar surface area (TPSA) is 13.1 Å². The van der Waals surface area contributed by atoms with E-state index in [0.29, 0.717) is 0 Å². The Bertz CT molecular complexity index is 295. The Morgan fingerprint density at radius 1 is 1.50 bits per heavy atom. The van der Waals surface area contributed by atoms with Gasteiger partial charge in [-0.15, -0.1) is 0 Å². The summed E-state index contributed by atoms with van der Waals surface area (Å²) in [6.07, 6.45) is 10.5. The maximum absolute atomic E-state index is 5.36. The molecule has 14 heavy (non-hydrogen) atoms. The molecule has 0 aliphatic heterocycles. The first kappa shape index (κ1) is 9.57. The number of furan rings is 1. The van der Waals surface area contributed by atoms with Gasteiger partial charge in [-0.2, -0.15) is 0 Å². The van der Waals surface area contributed by atoms with Crippen molar-refractivity contribution in [2.45, 2.75) is 39.0 Å². The van der Waals surface area contributed by atoms with Gasteiger partial charge in [0.15, 0.2) is 0 Å². The van der Waals surface area contributed by atoms with Gasteiger partial charge in [0.05, 0.1) is 6.26 Å². The Hall–Kier alpha value is -0.980. The van der Waals surface area contributed by atoms with E-state index in [0.717, 1.165) is 18.1 Å². The summed E-state index contributed by atoms with van der Waals surface area (Å²) in [7, 11) is 0. The molecule has 0 amide bonds. The molecular formula is C13H18O. The summed E-state index contributed by atoms with van der Waals surface area (Å²) in [6, 6.07) is 4.03. The van der Waals surface area contributed by atoms with Crippen molar-refractivity contribution in [1.82, 2.24) is 0 Å². The van der Waals surface area contributed by atoms with Crippen LogP contribution in [0.4, 0.5) is 0 Å². The summed E-state index contributed by atoms with van der Waals surface area (Å²) in [5.41, 5.74) is 1.57. The van der Waals surface area contributed by atoms with Gasteiger partial charge < -0.3 is 4.42 Å². The van der Waals surface area contributed by atoms with Crippen LogP contribution in [0.5, 0.6) is 0 Å². The van der Waals surface area contributed by atoms with Crippen molar-refractivity contribution in [2.24, 2.45) is 5.92 Å². The van der Waals surface area contributed by atoms with Gasteiger partial charge in [-0.05, 0) is 43.7 Å². The fourth-order valence-corrected chi connectivity index (χ4v) is 2.20. The SMILES string of the molecule is CCC1C=C(Cc2ccco2)CCC1. The van der Waals surface area contributed by atoms with E-state index in [1.807, 2.05) is 6.07 Å². The first-order chi connectivity index (χ1) is 6.88. The van der Waals surface area contributed by atoms with Crippen molar-refractivity contribution in [2.75, 3.05) is 0 Å². The van der Waals surface area contributed by atoms with Crippen molar-refractivity contribution in [3.63, 3.8) is 0 Å². The minimum atomic E-state index is 0.814. The van der Waals surface area contributed by atoms with Crippen molar-refractivity contribution in [3.05, 3.63) is 35.8 Å². The van der Waals surface area contributed by atoms with Gasteiger partial charge in [0, 0.05) is 6.42 Å². The van der Waals surface area contributed by atoms with Gasteiger partial charge in [-0.3, -0.25) is 0 Å². The molecule has 1 aliphatic rings. The molecule has 1 aromatic rings. The molecule has 0 N–H and O–H groups in total. The van der Waals surface area contributed by atoms with Crippen LogP contribution in [-0.2, 0) is 6.42 Å². The van der Waals surface area contributed by atoms with Crippen LogP contribution in [0.1, 0.15) is 38.4 Å². The molecule has 0 spiro atoms. The van der Waals surface area contributed by atoms with Crippen LogP contribution >= 0.6 is 0 Å². The van der Waals surface area contributed by atoms with Crippen molar-refractivity contribution in [3.8, 4) is 0 Å². The van der Waals surface area contributed by atoms with Gasteiger partial charge in [-0.1, -0.05) is 18.6 Å². The average molecular weight is 190 g/mol. The molecule has 1 nitrogen and oxygen atoms in total. The van der Waals surface area contributed by atoms with Crippen molar-refractivity contribution in [1.29, 1.82) is 0 Å². The van der Waals surface area contributed by atoms with E-state index in [2.05, 4.69) is 19.1 Å². The molecule has 0 fully saturated rings. The summed E-state index contributed by atoms with van der Waals surface area (Å²) in [5.74, 6) is 1.92. The zero-order chi connectivity index (χ0) is 9.80. The molecule has 1 atom stereocenters. The maximum atomic E-state index is 5.36. The summed E-state index contributed by atoms with van der Waals surface area (Å²) in [5, 5.41) is 0. The van der Waals surface area contributed by atoms with E-state index >= 15 is 0 Å². The zero-order valence-electron chi connectivity index (χ0n) is 8.83. The third-order valence-electron chi connectivity index (χ3n) is 3.05. The lowest BCUT2D eigenvalue weighted by Gasteiger charge is -2.19. The predicted molar refractivity (Wildman–Crippen MR) is 58.1 cm³/mol. The minimum absolute atomic E-state index is 0.814. The molecule has 1 heterocycles. The molecule has 1 aromatic heterocycles. The van der Waals surface area contributed by atoms with E-state index in [1.165, 1.54) is 25.7 Å². The quantitative estimate of drug-likeness (QED) is 0.657. The van der Waals surface area contributed by atoms with Crippen LogP contribution < -0.4 is 0 Å². The third-order valence-corrected chi connectivity index (χ3v) is 3.05. The van der Waals surface area contributed by atoms with Gasteiger partial charge >= 0.3 is 0 Å². The average Bonchev–Trinajstić information content (AvgIpc) is 2.71. The van der Waals surface area contributed by atoms with Crippen LogP contribution in [0.2, 0.25) is 0 Å². The summed E-state index contributed by atoms with van der Waals surface area (Å²) in [4.78, 5) is 0. The Kier molecular flexibility index (Phi) is 3.07. The van der Waals surface area contributed by atoms with Crippen LogP contribution in [0.25, 0.3) is 0 Å². The maximum Gasteiger partial charge on any atom is 0.107 e. The normalized spacial score (nSPS) is 22.1. The van der Waals surface area contributed by atoms with Crippen LogP contribution in [0, 0.1) is 5.92 Å². The first-order valence-corrected chi connectivity index (χ1v) is 5.60. The second-order valence-corrected chi connectivity index (χ2v) is 4.14. The molecule has 2 rings (SSSR count). The summed E-state index contributed by atoms with van der Waals surface area (Å²) in [6.45, 7) is 2.27. The number of rotatable bonds is 3. The Morgan fingerprint density at radius 3 is 3.14 bits per heavy atom. The van der Waals surface area contributed by atoms with E-state index < -0.39 is 0 Å². The fourth-order valence-electron chi connectivity index (χ4n) is 2.20. The van der Waals surface area contributed by atoms with Gasteiger partial charge in [-0.25, -0.2) is 0 Å². The Balaban J connectivity index is 2.00. The third kappa shape index (κ3) is 2.28. The largest absolute Gasteiger partial charge is 0.469 e. The molecule has 1 unspecified atom stereocenters. The minimum Gasteiger partial charge on any atom is -0.469 e. The second-order valence-electron chi connectivity index (χ2n) is 4.14. The first-order valence-electron chi connectivity index (χ1n) is 5.60. The lowest BCUT2D eigenvalue weighted by atomic mass is 9.87. The smallest absolute Gasteiger partial charge is 0.107 e. The highest BCUT2D eigenvalue weighted by atomic mass is 16.3. The lowest BCUT2D eigenvalue weighted by molar-refractivity contribution is 0.487. The molecular weight excluding hydrogens is 172 g/mol.